The Morgan fingerprint density at radius 2 is 1.83 bits per heavy atom. The maximum absolute atomic E-state index is 9.76. The van der Waals surface area contributed by atoms with Crippen molar-refractivity contribution in [3.05, 3.63) is 11.6 Å². The third-order valence-electron chi connectivity index (χ3n) is 3.60. The monoisotopic (exact) mass is 168 g/mol. The summed E-state index contributed by atoms with van der Waals surface area (Å²) in [5.74, 6) is 0.550. The van der Waals surface area contributed by atoms with Crippen molar-refractivity contribution < 1.29 is 10.2 Å². The molecule has 0 aliphatic heterocycles. The molecule has 1 fully saturated rings. The van der Waals surface area contributed by atoms with E-state index in [9.17, 15) is 10.2 Å². The molecule has 2 rings (SSSR count). The van der Waals surface area contributed by atoms with Gasteiger partial charge in [-0.2, -0.15) is 0 Å². The SMILES string of the molecule is CC1=CC(O)C2C(C1O)C2(C)C. The van der Waals surface area contributed by atoms with E-state index in [2.05, 4.69) is 13.8 Å². The Bertz CT molecular complexity index is 242. The zero-order valence-electron chi connectivity index (χ0n) is 7.78. The third-order valence-corrected chi connectivity index (χ3v) is 3.60. The van der Waals surface area contributed by atoms with E-state index in [1.807, 2.05) is 6.92 Å². The van der Waals surface area contributed by atoms with Gasteiger partial charge in [-0.15, -0.1) is 0 Å². The molecule has 2 aliphatic rings. The number of fused-ring (bicyclic) bond motifs is 1. The van der Waals surface area contributed by atoms with Gasteiger partial charge in [0.05, 0.1) is 12.2 Å². The van der Waals surface area contributed by atoms with Gasteiger partial charge in [-0.25, -0.2) is 0 Å². The summed E-state index contributed by atoms with van der Waals surface area (Å²) in [6.07, 6.45) is 1.13. The summed E-state index contributed by atoms with van der Waals surface area (Å²) in [6, 6.07) is 0. The lowest BCUT2D eigenvalue weighted by molar-refractivity contribution is 0.126. The predicted octanol–water partition coefficient (Wildman–Crippen LogP) is 0.940. The van der Waals surface area contributed by atoms with E-state index in [-0.39, 0.29) is 29.5 Å². The fourth-order valence-electron chi connectivity index (χ4n) is 2.73. The molecule has 1 saturated carbocycles. The number of hydrogen-bond donors (Lipinski definition) is 2. The Hall–Kier alpha value is -0.340. The van der Waals surface area contributed by atoms with E-state index in [4.69, 9.17) is 0 Å². The van der Waals surface area contributed by atoms with Crippen molar-refractivity contribution in [3.63, 3.8) is 0 Å². The van der Waals surface area contributed by atoms with Crippen molar-refractivity contribution in [2.75, 3.05) is 0 Å². The van der Waals surface area contributed by atoms with Crippen molar-refractivity contribution >= 4 is 0 Å². The highest BCUT2D eigenvalue weighted by atomic mass is 16.3. The number of aliphatic hydroxyl groups is 2. The lowest BCUT2D eigenvalue weighted by Crippen LogP contribution is -2.23. The third kappa shape index (κ3) is 0.824. The van der Waals surface area contributed by atoms with Gasteiger partial charge in [0, 0.05) is 11.8 Å². The lowest BCUT2D eigenvalue weighted by Gasteiger charge is -2.18. The highest BCUT2D eigenvalue weighted by molar-refractivity contribution is 5.27. The Morgan fingerprint density at radius 1 is 1.25 bits per heavy atom. The van der Waals surface area contributed by atoms with Gasteiger partial charge in [0.25, 0.3) is 0 Å². The molecular weight excluding hydrogens is 152 g/mol. The fourth-order valence-corrected chi connectivity index (χ4v) is 2.73. The summed E-state index contributed by atoms with van der Waals surface area (Å²) in [4.78, 5) is 0. The number of hydrogen-bond acceptors (Lipinski definition) is 2. The van der Waals surface area contributed by atoms with Crippen LogP contribution in [-0.2, 0) is 0 Å². The van der Waals surface area contributed by atoms with Crippen LogP contribution < -0.4 is 0 Å². The molecule has 0 saturated heterocycles. The van der Waals surface area contributed by atoms with Crippen LogP contribution in [0.3, 0.4) is 0 Å². The highest BCUT2D eigenvalue weighted by Crippen LogP contribution is 2.64. The molecule has 0 aromatic carbocycles. The molecule has 4 atom stereocenters. The Labute approximate surface area is 72.9 Å². The molecule has 0 bridgehead atoms. The minimum Gasteiger partial charge on any atom is -0.389 e. The summed E-state index contributed by atoms with van der Waals surface area (Å²) < 4.78 is 0. The fraction of sp³-hybridized carbons (Fsp3) is 0.800. The zero-order chi connectivity index (χ0) is 9.09. The van der Waals surface area contributed by atoms with Gasteiger partial charge in [0.15, 0.2) is 0 Å². The first-order valence-corrected chi connectivity index (χ1v) is 4.50. The minimum absolute atomic E-state index is 0.118. The van der Waals surface area contributed by atoms with Crippen LogP contribution in [0.4, 0.5) is 0 Å². The number of rotatable bonds is 0. The molecule has 0 aromatic heterocycles. The summed E-state index contributed by atoms with van der Waals surface area (Å²) in [7, 11) is 0. The van der Waals surface area contributed by atoms with E-state index >= 15 is 0 Å². The second-order valence-electron chi connectivity index (χ2n) is 4.72. The van der Waals surface area contributed by atoms with Crippen LogP contribution in [0.5, 0.6) is 0 Å². The summed E-state index contributed by atoms with van der Waals surface area (Å²) in [5, 5.41) is 19.4. The van der Waals surface area contributed by atoms with Gasteiger partial charge in [-0.1, -0.05) is 19.9 Å². The van der Waals surface area contributed by atoms with E-state index in [1.54, 1.807) is 6.08 Å². The summed E-state index contributed by atoms with van der Waals surface area (Å²) >= 11 is 0. The largest absolute Gasteiger partial charge is 0.389 e. The van der Waals surface area contributed by atoms with E-state index in [0.717, 1.165) is 5.57 Å². The zero-order valence-corrected chi connectivity index (χ0v) is 7.78. The molecule has 4 unspecified atom stereocenters. The van der Waals surface area contributed by atoms with Crippen molar-refractivity contribution in [1.29, 1.82) is 0 Å². The van der Waals surface area contributed by atoms with Crippen LogP contribution in [-0.4, -0.2) is 22.4 Å². The first-order chi connectivity index (χ1) is 5.46. The van der Waals surface area contributed by atoms with Crippen LogP contribution in [0.15, 0.2) is 11.6 Å². The van der Waals surface area contributed by atoms with Gasteiger partial charge in [0.1, 0.15) is 0 Å². The van der Waals surface area contributed by atoms with Crippen LogP contribution >= 0.6 is 0 Å². The van der Waals surface area contributed by atoms with Crippen molar-refractivity contribution in [1.82, 2.24) is 0 Å². The van der Waals surface area contributed by atoms with Gasteiger partial charge >= 0.3 is 0 Å². The molecule has 0 amide bonds. The van der Waals surface area contributed by atoms with Gasteiger partial charge in [-0.3, -0.25) is 0 Å². The van der Waals surface area contributed by atoms with Crippen LogP contribution in [0.25, 0.3) is 0 Å². The first kappa shape index (κ1) is 8.27. The number of aliphatic hydroxyl groups excluding tert-OH is 2. The van der Waals surface area contributed by atoms with Crippen LogP contribution in [0.1, 0.15) is 20.8 Å². The minimum atomic E-state index is -0.339. The second-order valence-corrected chi connectivity index (χ2v) is 4.72. The molecule has 0 radical (unpaired) electrons. The van der Waals surface area contributed by atoms with E-state index in [1.165, 1.54) is 0 Å². The lowest BCUT2D eigenvalue weighted by atomic mass is 9.96. The second kappa shape index (κ2) is 2.12. The van der Waals surface area contributed by atoms with E-state index < -0.39 is 0 Å². The maximum Gasteiger partial charge on any atom is 0.0785 e. The molecule has 2 heteroatoms. The Kier molecular flexibility index (Phi) is 1.46. The average molecular weight is 168 g/mol. The van der Waals surface area contributed by atoms with Gasteiger partial charge < -0.3 is 10.2 Å². The molecule has 0 aromatic rings. The average Bonchev–Trinajstić information content (AvgIpc) is 2.50. The molecule has 68 valence electrons. The molecule has 2 aliphatic carbocycles. The predicted molar refractivity (Wildman–Crippen MR) is 46.5 cm³/mol. The normalized spacial score (nSPS) is 49.6. The Balaban J connectivity index is 2.29. The standard InChI is InChI=1S/C10H16O2/c1-5-4-6(11)7-8(9(5)12)10(7,2)3/h4,6-9,11-12H,1-3H3. The van der Waals surface area contributed by atoms with Crippen LogP contribution in [0, 0.1) is 17.3 Å². The molecule has 0 spiro atoms. The molecule has 0 heterocycles. The van der Waals surface area contributed by atoms with Gasteiger partial charge in [-0.05, 0) is 17.9 Å². The molecule has 2 N–H and O–H groups in total. The van der Waals surface area contributed by atoms with Crippen molar-refractivity contribution in [2.24, 2.45) is 17.3 Å². The quantitative estimate of drug-likeness (QED) is 0.528. The molecule has 2 nitrogen and oxygen atoms in total. The topological polar surface area (TPSA) is 40.5 Å². The van der Waals surface area contributed by atoms with Crippen LogP contribution in [0.2, 0.25) is 0 Å². The smallest absolute Gasteiger partial charge is 0.0785 e. The highest BCUT2D eigenvalue weighted by Gasteiger charge is 2.64. The Morgan fingerprint density at radius 3 is 2.42 bits per heavy atom. The maximum atomic E-state index is 9.76. The van der Waals surface area contributed by atoms with E-state index in [0.29, 0.717) is 0 Å². The van der Waals surface area contributed by atoms with Gasteiger partial charge in [0.2, 0.25) is 0 Å². The van der Waals surface area contributed by atoms with Crippen molar-refractivity contribution in [3.8, 4) is 0 Å². The van der Waals surface area contributed by atoms with Crippen molar-refractivity contribution in [2.45, 2.75) is 33.0 Å². The molecule has 12 heavy (non-hydrogen) atoms. The first-order valence-electron chi connectivity index (χ1n) is 4.50. The molecular formula is C10H16O2. The summed E-state index contributed by atoms with van der Waals surface area (Å²) in [5.41, 5.74) is 1.04. The summed E-state index contributed by atoms with van der Waals surface area (Å²) in [6.45, 7) is 6.11.